The monoisotopic (exact) mass is 353 g/mol. The van der Waals surface area contributed by atoms with Gasteiger partial charge in [-0.05, 0) is 32.4 Å². The molecule has 2 rings (SSSR count). The maximum atomic E-state index is 12.7. The van der Waals surface area contributed by atoms with E-state index in [1.54, 1.807) is 0 Å². The number of nitrogens with zero attached hydrogens (tertiary/aromatic N) is 1. The molecule has 1 heterocycles. The fourth-order valence-corrected chi connectivity index (χ4v) is 3.20. The van der Waals surface area contributed by atoms with Crippen LogP contribution in [0.1, 0.15) is 43.4 Å². The summed E-state index contributed by atoms with van der Waals surface area (Å²) in [6, 6.07) is 7.99. The molecule has 6 heteroatoms. The molecule has 2 unspecified atom stereocenters. The maximum Gasteiger partial charge on any atom is 0.225 e. The minimum atomic E-state index is -0.267. The second kappa shape index (κ2) is 9.64. The molecule has 1 aliphatic rings. The normalized spacial score (nSPS) is 18.0. The Hall–Kier alpha value is -1.59. The number of carbonyl (C=O) groups is 2. The second-order valence-corrected chi connectivity index (χ2v) is 6.31. The third kappa shape index (κ3) is 5.49. The second-order valence-electron chi connectivity index (χ2n) is 6.31. The van der Waals surface area contributed by atoms with Gasteiger partial charge in [0.05, 0.1) is 12.5 Å². The van der Waals surface area contributed by atoms with E-state index in [1.807, 2.05) is 43.1 Å². The van der Waals surface area contributed by atoms with E-state index in [2.05, 4.69) is 10.6 Å². The zero-order valence-corrected chi connectivity index (χ0v) is 15.5. The average molecular weight is 354 g/mol. The van der Waals surface area contributed by atoms with E-state index >= 15 is 0 Å². The summed E-state index contributed by atoms with van der Waals surface area (Å²) in [5.41, 5.74) is 2.14. The van der Waals surface area contributed by atoms with Crippen LogP contribution in [0.5, 0.6) is 0 Å². The van der Waals surface area contributed by atoms with Crippen molar-refractivity contribution in [3.63, 3.8) is 0 Å². The van der Waals surface area contributed by atoms with Gasteiger partial charge in [-0.25, -0.2) is 0 Å². The largest absolute Gasteiger partial charge is 0.349 e. The highest BCUT2D eigenvalue weighted by molar-refractivity contribution is 5.85. The van der Waals surface area contributed by atoms with Crippen LogP contribution in [0.15, 0.2) is 24.3 Å². The lowest BCUT2D eigenvalue weighted by molar-refractivity contribution is -0.132. The SMILES string of the molecule is CNCC1CCCN1C(=O)CC(NC(C)=O)c1ccc(C)cc1.Cl. The lowest BCUT2D eigenvalue weighted by atomic mass is 10.0. The van der Waals surface area contributed by atoms with Crippen molar-refractivity contribution in [2.75, 3.05) is 20.1 Å². The van der Waals surface area contributed by atoms with E-state index in [0.29, 0.717) is 6.42 Å². The smallest absolute Gasteiger partial charge is 0.225 e. The van der Waals surface area contributed by atoms with E-state index in [4.69, 9.17) is 0 Å². The lowest BCUT2D eigenvalue weighted by Gasteiger charge is -2.27. The van der Waals surface area contributed by atoms with Crippen molar-refractivity contribution in [1.82, 2.24) is 15.5 Å². The molecule has 2 amide bonds. The molecule has 1 aromatic rings. The Morgan fingerprint density at radius 1 is 1.29 bits per heavy atom. The molecule has 2 atom stereocenters. The van der Waals surface area contributed by atoms with Gasteiger partial charge in [-0.3, -0.25) is 9.59 Å². The number of hydrogen-bond acceptors (Lipinski definition) is 3. The fourth-order valence-electron chi connectivity index (χ4n) is 3.20. The molecule has 2 N–H and O–H groups in total. The zero-order valence-electron chi connectivity index (χ0n) is 14.7. The number of likely N-dealkylation sites (N-methyl/N-ethyl adjacent to an activating group) is 1. The predicted octanol–water partition coefficient (Wildman–Crippen LogP) is 2.19. The summed E-state index contributed by atoms with van der Waals surface area (Å²) in [6.07, 6.45) is 2.40. The molecule has 24 heavy (non-hydrogen) atoms. The van der Waals surface area contributed by atoms with E-state index in [1.165, 1.54) is 6.92 Å². The van der Waals surface area contributed by atoms with Crippen LogP contribution in [-0.2, 0) is 9.59 Å². The van der Waals surface area contributed by atoms with Crippen molar-refractivity contribution in [2.45, 2.75) is 45.2 Å². The van der Waals surface area contributed by atoms with Crippen LogP contribution >= 0.6 is 12.4 Å². The Labute approximate surface area is 150 Å². The summed E-state index contributed by atoms with van der Waals surface area (Å²) in [5, 5.41) is 6.07. The van der Waals surface area contributed by atoms with Crippen LogP contribution in [0.25, 0.3) is 0 Å². The van der Waals surface area contributed by atoms with Gasteiger partial charge in [-0.2, -0.15) is 0 Å². The van der Waals surface area contributed by atoms with Crippen LogP contribution in [0.3, 0.4) is 0 Å². The van der Waals surface area contributed by atoms with Crippen molar-refractivity contribution < 1.29 is 9.59 Å². The molecule has 0 radical (unpaired) electrons. The molecule has 0 aliphatic carbocycles. The van der Waals surface area contributed by atoms with Crippen molar-refractivity contribution >= 4 is 24.2 Å². The minimum absolute atomic E-state index is 0. The molecule has 1 fully saturated rings. The number of rotatable bonds is 6. The molecular formula is C18H28ClN3O2. The Morgan fingerprint density at radius 2 is 1.96 bits per heavy atom. The molecule has 0 bridgehead atoms. The fraction of sp³-hybridized carbons (Fsp3) is 0.556. The highest BCUT2D eigenvalue weighted by atomic mass is 35.5. The molecule has 1 aliphatic heterocycles. The quantitative estimate of drug-likeness (QED) is 0.824. The summed E-state index contributed by atoms with van der Waals surface area (Å²) in [4.78, 5) is 26.2. The first-order chi connectivity index (χ1) is 11.0. The topological polar surface area (TPSA) is 61.4 Å². The van der Waals surface area contributed by atoms with Crippen molar-refractivity contribution in [1.29, 1.82) is 0 Å². The maximum absolute atomic E-state index is 12.7. The first-order valence-corrected chi connectivity index (χ1v) is 8.29. The number of halogens is 1. The van der Waals surface area contributed by atoms with E-state index < -0.39 is 0 Å². The standard InChI is InChI=1S/C18H27N3O2.ClH/c1-13-6-8-15(9-7-13)17(20-14(2)22)11-18(23)21-10-4-5-16(21)12-19-3;/h6-9,16-17,19H,4-5,10-12H2,1-3H3,(H,20,22);1H. The number of carbonyl (C=O) groups excluding carboxylic acids is 2. The molecule has 5 nitrogen and oxygen atoms in total. The highest BCUT2D eigenvalue weighted by Crippen LogP contribution is 2.23. The van der Waals surface area contributed by atoms with Gasteiger partial charge in [0.1, 0.15) is 0 Å². The first kappa shape index (κ1) is 20.5. The number of aryl methyl sites for hydroxylation is 1. The zero-order chi connectivity index (χ0) is 16.8. The van der Waals surface area contributed by atoms with Gasteiger partial charge >= 0.3 is 0 Å². The Bertz CT molecular complexity index is 548. The number of benzene rings is 1. The molecular weight excluding hydrogens is 326 g/mol. The average Bonchev–Trinajstić information content (AvgIpc) is 2.95. The number of hydrogen-bond donors (Lipinski definition) is 2. The Morgan fingerprint density at radius 3 is 2.54 bits per heavy atom. The van der Waals surface area contributed by atoms with Gasteiger partial charge in [-0.1, -0.05) is 29.8 Å². The summed E-state index contributed by atoms with van der Waals surface area (Å²) in [6.45, 7) is 5.15. The summed E-state index contributed by atoms with van der Waals surface area (Å²) < 4.78 is 0. The summed E-state index contributed by atoms with van der Waals surface area (Å²) >= 11 is 0. The van der Waals surface area contributed by atoms with Crippen molar-refractivity contribution in [3.05, 3.63) is 35.4 Å². The number of nitrogens with one attached hydrogen (secondary N) is 2. The van der Waals surface area contributed by atoms with Crippen LogP contribution in [-0.4, -0.2) is 42.9 Å². The molecule has 1 saturated heterocycles. The van der Waals surface area contributed by atoms with Gasteiger partial charge in [0, 0.05) is 26.1 Å². The van der Waals surface area contributed by atoms with Gasteiger partial charge in [0.25, 0.3) is 0 Å². The molecule has 1 aromatic carbocycles. The number of amides is 2. The Balaban J connectivity index is 0.00000288. The molecule has 134 valence electrons. The molecule has 0 saturated carbocycles. The third-order valence-corrected chi connectivity index (χ3v) is 4.37. The van der Waals surface area contributed by atoms with Gasteiger partial charge in [0.15, 0.2) is 0 Å². The summed E-state index contributed by atoms with van der Waals surface area (Å²) in [5.74, 6) is -0.00125. The van der Waals surface area contributed by atoms with Gasteiger partial charge in [-0.15, -0.1) is 12.4 Å². The van der Waals surface area contributed by atoms with Crippen LogP contribution in [0.4, 0.5) is 0 Å². The van der Waals surface area contributed by atoms with Crippen LogP contribution in [0.2, 0.25) is 0 Å². The van der Waals surface area contributed by atoms with E-state index in [-0.39, 0.29) is 36.3 Å². The van der Waals surface area contributed by atoms with Gasteiger partial charge in [0.2, 0.25) is 11.8 Å². The summed E-state index contributed by atoms with van der Waals surface area (Å²) in [7, 11) is 1.91. The Kier molecular flexibility index (Phi) is 8.22. The molecule has 0 spiro atoms. The van der Waals surface area contributed by atoms with Crippen LogP contribution in [0, 0.1) is 6.92 Å². The van der Waals surface area contributed by atoms with E-state index in [9.17, 15) is 9.59 Å². The third-order valence-electron chi connectivity index (χ3n) is 4.37. The van der Waals surface area contributed by atoms with Crippen molar-refractivity contribution in [3.8, 4) is 0 Å². The van der Waals surface area contributed by atoms with Crippen LogP contribution < -0.4 is 10.6 Å². The first-order valence-electron chi connectivity index (χ1n) is 8.29. The molecule has 0 aromatic heterocycles. The highest BCUT2D eigenvalue weighted by Gasteiger charge is 2.30. The number of likely N-dealkylation sites (tertiary alicyclic amines) is 1. The predicted molar refractivity (Wildman–Crippen MR) is 98.3 cm³/mol. The van der Waals surface area contributed by atoms with Crippen molar-refractivity contribution in [2.24, 2.45) is 0 Å². The van der Waals surface area contributed by atoms with Gasteiger partial charge < -0.3 is 15.5 Å². The van der Waals surface area contributed by atoms with E-state index in [0.717, 1.165) is 37.1 Å². The lowest BCUT2D eigenvalue weighted by Crippen LogP contribution is -2.42. The minimum Gasteiger partial charge on any atom is -0.349 e.